The Labute approximate surface area is 166 Å². The lowest BCUT2D eigenvalue weighted by molar-refractivity contribution is 0.0930. The molecule has 1 aromatic carbocycles. The molecule has 0 saturated carbocycles. The minimum absolute atomic E-state index is 0.0482. The van der Waals surface area contributed by atoms with Crippen molar-refractivity contribution in [2.75, 3.05) is 31.2 Å². The number of nitrogens with one attached hydrogen (secondary N) is 1. The number of aryl methyl sites for hydroxylation is 1. The Morgan fingerprint density at radius 1 is 1.18 bits per heavy atom. The third-order valence-corrected chi connectivity index (χ3v) is 5.48. The van der Waals surface area contributed by atoms with Crippen molar-refractivity contribution in [3.8, 4) is 11.3 Å². The van der Waals surface area contributed by atoms with Crippen LogP contribution >= 0.6 is 0 Å². The highest BCUT2D eigenvalue weighted by Crippen LogP contribution is 2.23. The van der Waals surface area contributed by atoms with Gasteiger partial charge >= 0.3 is 0 Å². The van der Waals surface area contributed by atoms with E-state index in [0.717, 1.165) is 55.4 Å². The Kier molecular flexibility index (Phi) is 5.86. The van der Waals surface area contributed by atoms with Gasteiger partial charge in [0.1, 0.15) is 0 Å². The number of aromatic nitrogens is 2. The maximum absolute atomic E-state index is 12.4. The van der Waals surface area contributed by atoms with Gasteiger partial charge in [-0.25, -0.2) is 9.97 Å². The maximum Gasteiger partial charge on any atom is 0.251 e. The molecule has 0 bridgehead atoms. The second-order valence-electron chi connectivity index (χ2n) is 7.56. The molecule has 0 spiro atoms. The number of benzene rings is 1. The highest BCUT2D eigenvalue weighted by atomic mass is 16.5. The van der Waals surface area contributed by atoms with Crippen LogP contribution < -0.4 is 10.2 Å². The summed E-state index contributed by atoms with van der Waals surface area (Å²) in [6.45, 7) is 5.49. The Morgan fingerprint density at radius 2 is 1.96 bits per heavy atom. The smallest absolute Gasteiger partial charge is 0.251 e. The predicted octanol–water partition coefficient (Wildman–Crippen LogP) is 3.22. The van der Waals surface area contributed by atoms with Crippen molar-refractivity contribution < 1.29 is 9.53 Å². The van der Waals surface area contributed by atoms with Crippen molar-refractivity contribution in [2.45, 2.75) is 45.1 Å². The number of piperidine rings is 1. The van der Waals surface area contributed by atoms with E-state index in [-0.39, 0.29) is 11.9 Å². The molecule has 2 saturated heterocycles. The highest BCUT2D eigenvalue weighted by Gasteiger charge is 2.19. The molecule has 28 heavy (non-hydrogen) atoms. The Hall–Kier alpha value is -2.47. The van der Waals surface area contributed by atoms with Crippen LogP contribution in [0.2, 0.25) is 0 Å². The van der Waals surface area contributed by atoms with E-state index < -0.39 is 0 Å². The van der Waals surface area contributed by atoms with Gasteiger partial charge in [0.2, 0.25) is 5.95 Å². The molecule has 0 aliphatic carbocycles. The number of carbonyl (C=O) groups excluding carboxylic acids is 1. The summed E-state index contributed by atoms with van der Waals surface area (Å²) in [5.41, 5.74) is 3.64. The summed E-state index contributed by atoms with van der Waals surface area (Å²) in [6.07, 6.45) is 5.44. The second-order valence-corrected chi connectivity index (χ2v) is 7.56. The Morgan fingerprint density at radius 3 is 2.64 bits per heavy atom. The molecular weight excluding hydrogens is 352 g/mol. The van der Waals surface area contributed by atoms with Gasteiger partial charge in [-0.1, -0.05) is 19.1 Å². The lowest BCUT2D eigenvalue weighted by Gasteiger charge is -2.27. The fourth-order valence-corrected chi connectivity index (χ4v) is 3.76. The molecule has 2 fully saturated rings. The van der Waals surface area contributed by atoms with Gasteiger partial charge in [0.05, 0.1) is 18.3 Å². The first-order chi connectivity index (χ1) is 13.7. The van der Waals surface area contributed by atoms with Crippen LogP contribution in [0, 0.1) is 0 Å². The van der Waals surface area contributed by atoms with E-state index in [4.69, 9.17) is 14.7 Å². The monoisotopic (exact) mass is 380 g/mol. The molecular formula is C22H28N4O2. The molecule has 1 aromatic heterocycles. The topological polar surface area (TPSA) is 67.3 Å². The molecule has 6 nitrogen and oxygen atoms in total. The first-order valence-corrected chi connectivity index (χ1v) is 10.3. The number of amides is 1. The summed E-state index contributed by atoms with van der Waals surface area (Å²) in [7, 11) is 0. The lowest BCUT2D eigenvalue weighted by Crippen LogP contribution is -2.34. The zero-order valence-corrected chi connectivity index (χ0v) is 16.5. The van der Waals surface area contributed by atoms with Crippen LogP contribution in [0.15, 0.2) is 30.3 Å². The van der Waals surface area contributed by atoms with E-state index in [9.17, 15) is 4.79 Å². The average molecular weight is 380 g/mol. The Balaban J connectivity index is 1.53. The van der Waals surface area contributed by atoms with E-state index >= 15 is 0 Å². The number of carbonyl (C=O) groups is 1. The first-order valence-electron chi connectivity index (χ1n) is 10.3. The molecule has 2 aliphatic rings. The third-order valence-electron chi connectivity index (χ3n) is 5.48. The number of nitrogens with zero attached hydrogens (tertiary/aromatic N) is 3. The molecule has 1 amide bonds. The lowest BCUT2D eigenvalue weighted by atomic mass is 10.1. The van der Waals surface area contributed by atoms with Gasteiger partial charge in [-0.3, -0.25) is 4.79 Å². The number of ether oxygens (including phenoxy) is 1. The third kappa shape index (κ3) is 4.33. The maximum atomic E-state index is 12.4. The minimum atomic E-state index is -0.0482. The second kappa shape index (κ2) is 8.69. The van der Waals surface area contributed by atoms with Crippen molar-refractivity contribution >= 4 is 11.9 Å². The van der Waals surface area contributed by atoms with E-state index in [2.05, 4.69) is 23.2 Å². The first kappa shape index (κ1) is 18.9. The van der Waals surface area contributed by atoms with Crippen LogP contribution in [0.25, 0.3) is 11.3 Å². The van der Waals surface area contributed by atoms with Gasteiger partial charge in [0, 0.05) is 36.5 Å². The molecule has 4 rings (SSSR count). The Bertz CT molecular complexity index is 810. The number of rotatable bonds is 5. The zero-order chi connectivity index (χ0) is 19.3. The fraction of sp³-hybridized carbons (Fsp3) is 0.500. The molecule has 1 unspecified atom stereocenters. The number of hydrogen-bond donors (Lipinski definition) is 1. The largest absolute Gasteiger partial charge is 0.379 e. The van der Waals surface area contributed by atoms with Crippen LogP contribution in [0.1, 0.15) is 48.7 Å². The van der Waals surface area contributed by atoms with Crippen molar-refractivity contribution in [1.29, 1.82) is 0 Å². The van der Waals surface area contributed by atoms with Gasteiger partial charge in [-0.2, -0.15) is 0 Å². The molecule has 148 valence electrons. The van der Waals surface area contributed by atoms with Crippen LogP contribution in [-0.4, -0.2) is 48.2 Å². The molecule has 1 N–H and O–H groups in total. The van der Waals surface area contributed by atoms with E-state index in [0.29, 0.717) is 12.2 Å². The van der Waals surface area contributed by atoms with Crippen molar-refractivity contribution in [1.82, 2.24) is 15.3 Å². The normalized spacial score (nSPS) is 19.6. The van der Waals surface area contributed by atoms with Gasteiger partial charge in [-0.05, 0) is 50.3 Å². The standard InChI is InChI=1S/C22H28N4O2/c1-2-18-14-20(25-22(24-18)26-11-4-3-5-12-26)16-6-8-17(9-7-16)21(27)23-19-10-13-28-15-19/h6-9,14,19H,2-5,10-13,15H2,1H3,(H,23,27). The minimum Gasteiger partial charge on any atom is -0.379 e. The van der Waals surface area contributed by atoms with Gasteiger partial charge < -0.3 is 15.0 Å². The fourth-order valence-electron chi connectivity index (χ4n) is 3.76. The van der Waals surface area contributed by atoms with Crippen LogP contribution in [0.3, 0.4) is 0 Å². The quantitative estimate of drug-likeness (QED) is 0.863. The van der Waals surface area contributed by atoms with Crippen molar-refractivity contribution in [3.63, 3.8) is 0 Å². The molecule has 6 heteroatoms. The average Bonchev–Trinajstić information content (AvgIpc) is 3.27. The number of anilines is 1. The molecule has 2 aromatic rings. The zero-order valence-electron chi connectivity index (χ0n) is 16.5. The van der Waals surface area contributed by atoms with Crippen LogP contribution in [0.4, 0.5) is 5.95 Å². The molecule has 0 radical (unpaired) electrons. The molecule has 2 aliphatic heterocycles. The summed E-state index contributed by atoms with van der Waals surface area (Å²) >= 11 is 0. The van der Waals surface area contributed by atoms with Gasteiger partial charge in [-0.15, -0.1) is 0 Å². The SMILES string of the molecule is CCc1cc(-c2ccc(C(=O)NC3CCOC3)cc2)nc(N2CCCCC2)n1. The summed E-state index contributed by atoms with van der Waals surface area (Å²) in [6, 6.07) is 9.86. The summed E-state index contributed by atoms with van der Waals surface area (Å²) in [5, 5.41) is 3.03. The van der Waals surface area contributed by atoms with E-state index in [1.54, 1.807) is 0 Å². The number of hydrogen-bond acceptors (Lipinski definition) is 5. The predicted molar refractivity (Wildman–Crippen MR) is 110 cm³/mol. The summed E-state index contributed by atoms with van der Waals surface area (Å²) < 4.78 is 5.32. The highest BCUT2D eigenvalue weighted by molar-refractivity contribution is 5.94. The summed E-state index contributed by atoms with van der Waals surface area (Å²) in [5.74, 6) is 0.782. The van der Waals surface area contributed by atoms with Crippen molar-refractivity contribution in [2.24, 2.45) is 0 Å². The van der Waals surface area contributed by atoms with Crippen LogP contribution in [0.5, 0.6) is 0 Å². The van der Waals surface area contributed by atoms with E-state index in [1.165, 1.54) is 19.3 Å². The van der Waals surface area contributed by atoms with Gasteiger partial charge in [0.15, 0.2) is 0 Å². The molecule has 1 atom stereocenters. The van der Waals surface area contributed by atoms with Gasteiger partial charge in [0.25, 0.3) is 5.91 Å². The molecule has 3 heterocycles. The summed E-state index contributed by atoms with van der Waals surface area (Å²) in [4.78, 5) is 24.3. The van der Waals surface area contributed by atoms with Crippen molar-refractivity contribution in [3.05, 3.63) is 41.6 Å². The van der Waals surface area contributed by atoms with Crippen LogP contribution in [-0.2, 0) is 11.2 Å². The van der Waals surface area contributed by atoms with E-state index in [1.807, 2.05) is 24.3 Å².